The molecule has 1 amide bonds. The van der Waals surface area contributed by atoms with Gasteiger partial charge in [-0.2, -0.15) is 4.98 Å². The van der Waals surface area contributed by atoms with Gasteiger partial charge in [-0.05, 0) is 51.1 Å². The second-order valence-electron chi connectivity index (χ2n) is 7.11. The highest BCUT2D eigenvalue weighted by molar-refractivity contribution is 6.30. The summed E-state index contributed by atoms with van der Waals surface area (Å²) in [5.74, 6) is 0.406. The third-order valence-corrected chi connectivity index (χ3v) is 3.84. The van der Waals surface area contributed by atoms with Gasteiger partial charge in [0.1, 0.15) is 6.54 Å². The fraction of sp³-hybridized carbons (Fsp3) is 0.263. The first-order valence-electron chi connectivity index (χ1n) is 8.33. The molecule has 0 saturated heterocycles. The zero-order chi connectivity index (χ0) is 19.6. The number of benzene rings is 1. The van der Waals surface area contributed by atoms with Gasteiger partial charge >= 0.3 is 0 Å². The van der Waals surface area contributed by atoms with Gasteiger partial charge in [-0.15, -0.1) is 0 Å². The highest BCUT2D eigenvalue weighted by Crippen LogP contribution is 2.22. The summed E-state index contributed by atoms with van der Waals surface area (Å²) in [6.45, 7) is 5.53. The highest BCUT2D eigenvalue weighted by atomic mass is 35.5. The molecule has 0 saturated carbocycles. The molecule has 0 atom stereocenters. The molecule has 27 heavy (non-hydrogen) atoms. The summed E-state index contributed by atoms with van der Waals surface area (Å²) in [5.41, 5.74) is 0.636. The summed E-state index contributed by atoms with van der Waals surface area (Å²) >= 11 is 5.88. The Balaban J connectivity index is 1.85. The number of nitrogens with zero attached hydrogens (tertiary/aromatic N) is 3. The maximum atomic E-state index is 12.1. The van der Waals surface area contributed by atoms with Crippen LogP contribution in [0, 0.1) is 0 Å². The van der Waals surface area contributed by atoms with Crippen LogP contribution in [0.2, 0.25) is 5.02 Å². The van der Waals surface area contributed by atoms with Crippen molar-refractivity contribution in [1.29, 1.82) is 0 Å². The molecule has 1 N–H and O–H groups in total. The first-order chi connectivity index (χ1) is 12.7. The van der Waals surface area contributed by atoms with E-state index in [2.05, 4.69) is 15.5 Å². The van der Waals surface area contributed by atoms with Gasteiger partial charge in [-0.1, -0.05) is 16.8 Å². The molecule has 0 aliphatic heterocycles. The van der Waals surface area contributed by atoms with Crippen LogP contribution < -0.4 is 10.9 Å². The van der Waals surface area contributed by atoms with Gasteiger partial charge in [-0.25, -0.2) is 0 Å². The van der Waals surface area contributed by atoms with Crippen molar-refractivity contribution in [2.75, 3.05) is 0 Å². The summed E-state index contributed by atoms with van der Waals surface area (Å²) in [7, 11) is 0. The number of carbonyl (C=O) groups excluding carboxylic acids is 1. The number of aromatic nitrogens is 3. The molecule has 0 radical (unpaired) electrons. The van der Waals surface area contributed by atoms with Gasteiger partial charge in [0.05, 0.1) is 5.56 Å². The summed E-state index contributed by atoms with van der Waals surface area (Å²) in [4.78, 5) is 28.5. The van der Waals surface area contributed by atoms with Crippen LogP contribution in [0.25, 0.3) is 22.8 Å². The molecule has 1 aromatic carbocycles. The SMILES string of the molecule is CC(C)(C)NC(=O)Cn1cc(-c2nc(-c3ccc(Cl)cc3)no2)ccc1=O. The minimum atomic E-state index is -0.377. The van der Waals surface area contributed by atoms with E-state index in [1.54, 1.807) is 30.3 Å². The number of pyridine rings is 1. The predicted molar refractivity (Wildman–Crippen MR) is 102 cm³/mol. The number of amides is 1. The topological polar surface area (TPSA) is 90.0 Å². The van der Waals surface area contributed by atoms with Gasteiger partial charge in [-0.3, -0.25) is 9.59 Å². The van der Waals surface area contributed by atoms with E-state index in [0.717, 1.165) is 5.56 Å². The fourth-order valence-corrected chi connectivity index (χ4v) is 2.58. The molecule has 0 aliphatic rings. The molecule has 0 unspecified atom stereocenters. The van der Waals surface area contributed by atoms with Gasteiger partial charge in [0.15, 0.2) is 0 Å². The van der Waals surface area contributed by atoms with E-state index in [9.17, 15) is 9.59 Å². The van der Waals surface area contributed by atoms with Crippen LogP contribution in [0.5, 0.6) is 0 Å². The van der Waals surface area contributed by atoms with Crippen molar-refractivity contribution in [1.82, 2.24) is 20.0 Å². The Hall–Kier alpha value is -2.93. The van der Waals surface area contributed by atoms with Crippen LogP contribution in [-0.2, 0) is 11.3 Å². The molecule has 3 aromatic rings. The summed E-state index contributed by atoms with van der Waals surface area (Å²) in [6, 6.07) is 10.00. The lowest BCUT2D eigenvalue weighted by Crippen LogP contribution is -2.43. The number of nitrogens with one attached hydrogen (secondary N) is 1. The van der Waals surface area contributed by atoms with Crippen LogP contribution in [0.4, 0.5) is 0 Å². The average Bonchev–Trinajstić information content (AvgIpc) is 3.06. The fourth-order valence-electron chi connectivity index (χ4n) is 2.45. The summed E-state index contributed by atoms with van der Waals surface area (Å²) < 4.78 is 6.61. The number of carbonyl (C=O) groups is 1. The molecule has 0 spiro atoms. The van der Waals surface area contributed by atoms with E-state index in [1.807, 2.05) is 20.8 Å². The smallest absolute Gasteiger partial charge is 0.259 e. The number of hydrogen-bond acceptors (Lipinski definition) is 5. The van der Waals surface area contributed by atoms with E-state index in [-0.39, 0.29) is 29.4 Å². The van der Waals surface area contributed by atoms with E-state index in [0.29, 0.717) is 16.4 Å². The van der Waals surface area contributed by atoms with Gasteiger partial charge in [0.25, 0.3) is 11.4 Å². The van der Waals surface area contributed by atoms with Crippen molar-refractivity contribution in [3.63, 3.8) is 0 Å². The lowest BCUT2D eigenvalue weighted by molar-refractivity contribution is -0.123. The maximum Gasteiger partial charge on any atom is 0.259 e. The van der Waals surface area contributed by atoms with Crippen molar-refractivity contribution < 1.29 is 9.32 Å². The minimum Gasteiger partial charge on any atom is -0.350 e. The molecule has 0 bridgehead atoms. The van der Waals surface area contributed by atoms with Crippen molar-refractivity contribution in [2.24, 2.45) is 0 Å². The van der Waals surface area contributed by atoms with E-state index < -0.39 is 0 Å². The van der Waals surface area contributed by atoms with Crippen molar-refractivity contribution in [3.05, 3.63) is 58.0 Å². The third-order valence-electron chi connectivity index (χ3n) is 3.59. The molecule has 2 aromatic heterocycles. The molecule has 0 fully saturated rings. The van der Waals surface area contributed by atoms with Crippen molar-refractivity contribution in [3.8, 4) is 22.8 Å². The van der Waals surface area contributed by atoms with Crippen LogP contribution in [-0.4, -0.2) is 26.2 Å². The zero-order valence-electron chi connectivity index (χ0n) is 15.2. The van der Waals surface area contributed by atoms with Crippen LogP contribution in [0.1, 0.15) is 20.8 Å². The standard InChI is InChI=1S/C19H19ClN4O3/c1-19(2,3)22-15(25)11-24-10-13(6-9-16(24)26)18-21-17(23-27-18)12-4-7-14(20)8-5-12/h4-10H,11H2,1-3H3,(H,22,25). The van der Waals surface area contributed by atoms with Gasteiger partial charge < -0.3 is 14.4 Å². The Morgan fingerprint density at radius 1 is 1.15 bits per heavy atom. The zero-order valence-corrected chi connectivity index (χ0v) is 15.9. The summed E-state index contributed by atoms with van der Waals surface area (Å²) in [5, 5.41) is 7.40. The van der Waals surface area contributed by atoms with E-state index in [1.165, 1.54) is 16.8 Å². The molecule has 0 aliphatic carbocycles. The Morgan fingerprint density at radius 2 is 1.81 bits per heavy atom. The largest absolute Gasteiger partial charge is 0.350 e. The molecule has 3 rings (SSSR count). The summed E-state index contributed by atoms with van der Waals surface area (Å²) in [6.07, 6.45) is 1.53. The normalized spacial score (nSPS) is 11.4. The van der Waals surface area contributed by atoms with Crippen LogP contribution >= 0.6 is 11.6 Å². The Labute approximate surface area is 161 Å². The second-order valence-corrected chi connectivity index (χ2v) is 7.55. The molecule has 8 heteroatoms. The predicted octanol–water partition coefficient (Wildman–Crippen LogP) is 3.13. The first kappa shape index (κ1) is 18.8. The first-order valence-corrected chi connectivity index (χ1v) is 8.71. The molecular formula is C19H19ClN4O3. The van der Waals surface area contributed by atoms with Crippen molar-refractivity contribution >= 4 is 17.5 Å². The number of hydrogen-bond donors (Lipinski definition) is 1. The number of halogens is 1. The molecule has 2 heterocycles. The average molecular weight is 387 g/mol. The molecular weight excluding hydrogens is 368 g/mol. The highest BCUT2D eigenvalue weighted by Gasteiger charge is 2.16. The lowest BCUT2D eigenvalue weighted by Gasteiger charge is -2.20. The monoisotopic (exact) mass is 386 g/mol. The van der Waals surface area contributed by atoms with Crippen LogP contribution in [0.3, 0.4) is 0 Å². The second kappa shape index (κ2) is 7.36. The maximum absolute atomic E-state index is 12.1. The van der Waals surface area contributed by atoms with Gasteiger partial charge in [0.2, 0.25) is 11.7 Å². The number of rotatable bonds is 4. The van der Waals surface area contributed by atoms with Gasteiger partial charge in [0, 0.05) is 28.4 Å². The molecule has 140 valence electrons. The quantitative estimate of drug-likeness (QED) is 0.743. The van der Waals surface area contributed by atoms with Crippen molar-refractivity contribution in [2.45, 2.75) is 32.9 Å². The lowest BCUT2D eigenvalue weighted by atomic mass is 10.1. The Morgan fingerprint density at radius 3 is 2.48 bits per heavy atom. The van der Waals surface area contributed by atoms with Crippen LogP contribution in [0.15, 0.2) is 51.9 Å². The minimum absolute atomic E-state index is 0.0951. The Kier molecular flexibility index (Phi) is 5.14. The van der Waals surface area contributed by atoms with E-state index >= 15 is 0 Å². The Bertz CT molecular complexity index is 1020. The third kappa shape index (κ3) is 4.83. The molecule has 7 nitrogen and oxygen atoms in total. The van der Waals surface area contributed by atoms with E-state index in [4.69, 9.17) is 16.1 Å².